The van der Waals surface area contributed by atoms with Crippen LogP contribution in [0.25, 0.3) is 0 Å². The van der Waals surface area contributed by atoms with Crippen molar-refractivity contribution in [3.8, 4) is 11.8 Å². The van der Waals surface area contributed by atoms with Gasteiger partial charge in [-0.3, -0.25) is 4.90 Å². The van der Waals surface area contributed by atoms with Crippen LogP contribution in [0, 0.1) is 11.8 Å². The molecule has 4 heteroatoms. The van der Waals surface area contributed by atoms with E-state index in [4.69, 9.17) is 5.11 Å². The molecule has 1 aromatic rings. The zero-order valence-corrected chi connectivity index (χ0v) is 13.1. The van der Waals surface area contributed by atoms with Crippen LogP contribution in [0.2, 0.25) is 0 Å². The van der Waals surface area contributed by atoms with Crippen LogP contribution < -0.4 is 0 Å². The van der Waals surface area contributed by atoms with Crippen molar-refractivity contribution in [2.45, 2.75) is 26.4 Å². The van der Waals surface area contributed by atoms with Gasteiger partial charge in [0.2, 0.25) is 0 Å². The highest BCUT2D eigenvalue weighted by Gasteiger charge is 2.14. The summed E-state index contributed by atoms with van der Waals surface area (Å²) >= 11 is 1.74. The molecule has 0 amide bonds. The molecule has 1 atom stereocenters. The Bertz CT molecular complexity index is 431. The van der Waals surface area contributed by atoms with Gasteiger partial charge in [-0.15, -0.1) is 11.3 Å². The Morgan fingerprint density at radius 2 is 2.16 bits per heavy atom. The van der Waals surface area contributed by atoms with E-state index in [1.807, 2.05) is 0 Å². The Labute approximate surface area is 120 Å². The lowest BCUT2D eigenvalue weighted by Crippen LogP contribution is -2.39. The van der Waals surface area contributed by atoms with Gasteiger partial charge >= 0.3 is 0 Å². The Kier molecular flexibility index (Phi) is 7.11. The smallest absolute Gasteiger partial charge is 0.104 e. The maximum atomic E-state index is 8.69. The molecule has 0 fully saturated rings. The largest absolute Gasteiger partial charge is 0.384 e. The zero-order chi connectivity index (χ0) is 14.3. The van der Waals surface area contributed by atoms with E-state index >= 15 is 0 Å². The van der Waals surface area contributed by atoms with Crippen molar-refractivity contribution in [1.29, 1.82) is 0 Å². The molecule has 1 N–H and O–H groups in total. The number of hydrogen-bond donors (Lipinski definition) is 1. The third-order valence-corrected chi connectivity index (χ3v) is 3.90. The molecule has 3 nitrogen and oxygen atoms in total. The first-order valence-electron chi connectivity index (χ1n) is 6.62. The standard InChI is InChI=1S/C15H24N2OS/c1-5-17(13(2)10-16(3)4)11-15-9-14(12-19-15)7-6-8-18/h9,12-13,18H,5,8,10-11H2,1-4H3. The van der Waals surface area contributed by atoms with Crippen LogP contribution >= 0.6 is 11.3 Å². The molecule has 0 spiro atoms. The van der Waals surface area contributed by atoms with E-state index < -0.39 is 0 Å². The third kappa shape index (κ3) is 5.75. The molecule has 19 heavy (non-hydrogen) atoms. The summed E-state index contributed by atoms with van der Waals surface area (Å²) in [6, 6.07) is 2.66. The molecule has 106 valence electrons. The molecule has 0 aliphatic heterocycles. The number of nitrogens with zero attached hydrogens (tertiary/aromatic N) is 2. The van der Waals surface area contributed by atoms with Crippen LogP contribution in [0.1, 0.15) is 24.3 Å². The monoisotopic (exact) mass is 280 g/mol. The molecular formula is C15H24N2OS. The van der Waals surface area contributed by atoms with Crippen LogP contribution in [0.3, 0.4) is 0 Å². The topological polar surface area (TPSA) is 26.7 Å². The number of aliphatic hydroxyl groups is 1. The predicted molar refractivity (Wildman–Crippen MR) is 82.4 cm³/mol. The van der Waals surface area contributed by atoms with E-state index in [-0.39, 0.29) is 6.61 Å². The first-order chi connectivity index (χ1) is 9.06. The highest BCUT2D eigenvalue weighted by atomic mass is 32.1. The van der Waals surface area contributed by atoms with Gasteiger partial charge in [0.1, 0.15) is 6.61 Å². The van der Waals surface area contributed by atoms with Crippen LogP contribution in [0.4, 0.5) is 0 Å². The van der Waals surface area contributed by atoms with Crippen molar-refractivity contribution < 1.29 is 5.11 Å². The number of rotatable bonds is 6. The third-order valence-electron chi connectivity index (χ3n) is 2.98. The molecular weight excluding hydrogens is 256 g/mol. The number of hydrogen-bond acceptors (Lipinski definition) is 4. The first-order valence-corrected chi connectivity index (χ1v) is 7.50. The van der Waals surface area contributed by atoms with Crippen molar-refractivity contribution in [2.24, 2.45) is 0 Å². The van der Waals surface area contributed by atoms with Crippen molar-refractivity contribution >= 4 is 11.3 Å². The van der Waals surface area contributed by atoms with E-state index in [1.165, 1.54) is 4.88 Å². The molecule has 0 saturated carbocycles. The zero-order valence-electron chi connectivity index (χ0n) is 12.3. The van der Waals surface area contributed by atoms with Gasteiger partial charge in [0, 0.05) is 35.0 Å². The average molecular weight is 280 g/mol. The van der Waals surface area contributed by atoms with Crippen LogP contribution in [0.15, 0.2) is 11.4 Å². The van der Waals surface area contributed by atoms with E-state index in [0.29, 0.717) is 6.04 Å². The highest BCUT2D eigenvalue weighted by Crippen LogP contribution is 2.17. The minimum atomic E-state index is -0.0772. The van der Waals surface area contributed by atoms with Crippen molar-refractivity contribution in [1.82, 2.24) is 9.80 Å². The summed E-state index contributed by atoms with van der Waals surface area (Å²) in [7, 11) is 4.22. The minimum absolute atomic E-state index is 0.0772. The van der Waals surface area contributed by atoms with E-state index in [2.05, 4.69) is 61.0 Å². The summed E-state index contributed by atoms with van der Waals surface area (Å²) in [5.74, 6) is 5.64. The lowest BCUT2D eigenvalue weighted by Gasteiger charge is -2.29. The van der Waals surface area contributed by atoms with E-state index in [9.17, 15) is 0 Å². The van der Waals surface area contributed by atoms with Gasteiger partial charge in [-0.1, -0.05) is 18.8 Å². The van der Waals surface area contributed by atoms with Gasteiger partial charge < -0.3 is 10.0 Å². The van der Waals surface area contributed by atoms with Gasteiger partial charge in [-0.05, 0) is 33.6 Å². The fourth-order valence-corrected chi connectivity index (χ4v) is 2.93. The first kappa shape index (κ1) is 16.2. The maximum Gasteiger partial charge on any atom is 0.104 e. The molecule has 1 heterocycles. The molecule has 0 saturated heterocycles. The quantitative estimate of drug-likeness (QED) is 0.806. The second kappa shape index (κ2) is 8.34. The Morgan fingerprint density at radius 1 is 1.42 bits per heavy atom. The van der Waals surface area contributed by atoms with Crippen molar-refractivity contribution in [3.05, 3.63) is 21.9 Å². The number of likely N-dealkylation sites (N-methyl/N-ethyl adjacent to an activating group) is 2. The summed E-state index contributed by atoms with van der Waals surface area (Å²) in [4.78, 5) is 6.02. The highest BCUT2D eigenvalue weighted by molar-refractivity contribution is 7.10. The van der Waals surface area contributed by atoms with Gasteiger partial charge in [-0.25, -0.2) is 0 Å². The molecule has 0 aromatic carbocycles. The molecule has 0 aliphatic rings. The van der Waals surface area contributed by atoms with Gasteiger partial charge in [0.25, 0.3) is 0 Å². The molecule has 0 aliphatic carbocycles. The summed E-state index contributed by atoms with van der Waals surface area (Å²) in [6.45, 7) is 7.47. The second-order valence-corrected chi connectivity index (χ2v) is 5.93. The van der Waals surface area contributed by atoms with E-state index in [0.717, 1.165) is 25.2 Å². The van der Waals surface area contributed by atoms with E-state index in [1.54, 1.807) is 11.3 Å². The molecule has 1 unspecified atom stereocenters. The fourth-order valence-electron chi connectivity index (χ4n) is 2.09. The SMILES string of the molecule is CCN(Cc1cc(C#CCO)cs1)C(C)CN(C)C. The number of thiophene rings is 1. The molecule has 1 rings (SSSR count). The summed E-state index contributed by atoms with van der Waals surface area (Å²) in [5.41, 5.74) is 1.00. The van der Waals surface area contributed by atoms with Gasteiger partial charge in [0.05, 0.1) is 0 Å². The van der Waals surface area contributed by atoms with Crippen molar-refractivity contribution in [3.63, 3.8) is 0 Å². The lowest BCUT2D eigenvalue weighted by molar-refractivity contribution is 0.175. The summed E-state index contributed by atoms with van der Waals surface area (Å²) < 4.78 is 0. The fraction of sp³-hybridized carbons (Fsp3) is 0.600. The Hall–Kier alpha value is -0.860. The average Bonchev–Trinajstić information content (AvgIpc) is 2.80. The second-order valence-electron chi connectivity index (χ2n) is 4.94. The summed E-state index contributed by atoms with van der Waals surface area (Å²) in [6.07, 6.45) is 0. The van der Waals surface area contributed by atoms with Crippen LogP contribution in [-0.4, -0.2) is 54.7 Å². The summed E-state index contributed by atoms with van der Waals surface area (Å²) in [5, 5.41) is 10.7. The Morgan fingerprint density at radius 3 is 2.74 bits per heavy atom. The number of aliphatic hydroxyl groups excluding tert-OH is 1. The van der Waals surface area contributed by atoms with Gasteiger partial charge in [-0.2, -0.15) is 0 Å². The molecule has 0 radical (unpaired) electrons. The van der Waals surface area contributed by atoms with Crippen LogP contribution in [-0.2, 0) is 6.54 Å². The molecule has 1 aromatic heterocycles. The van der Waals surface area contributed by atoms with Gasteiger partial charge in [0.15, 0.2) is 0 Å². The normalized spacial score (nSPS) is 12.6. The Balaban J connectivity index is 2.62. The maximum absolute atomic E-state index is 8.69. The predicted octanol–water partition coefficient (Wildman–Crippen LogP) is 1.86. The lowest BCUT2D eigenvalue weighted by atomic mass is 10.2. The van der Waals surface area contributed by atoms with Crippen molar-refractivity contribution in [2.75, 3.05) is 33.8 Å². The minimum Gasteiger partial charge on any atom is -0.384 e. The molecule has 0 bridgehead atoms. The van der Waals surface area contributed by atoms with Crippen LogP contribution in [0.5, 0.6) is 0 Å².